The van der Waals surface area contributed by atoms with Crippen LogP contribution >= 0.6 is 31.9 Å². The van der Waals surface area contributed by atoms with Crippen LogP contribution in [0, 0.1) is 11.3 Å². The molecule has 0 aliphatic carbocycles. The molecule has 0 saturated heterocycles. The second-order valence-electron chi connectivity index (χ2n) is 2.73. The summed E-state index contributed by atoms with van der Waals surface area (Å²) in [5, 5.41) is 8.91. The van der Waals surface area contributed by atoms with Crippen LogP contribution in [-0.2, 0) is 11.5 Å². The number of alkyl halides is 4. The van der Waals surface area contributed by atoms with Gasteiger partial charge >= 0.3 is 6.18 Å². The van der Waals surface area contributed by atoms with Crippen LogP contribution < -0.4 is 0 Å². The van der Waals surface area contributed by atoms with Crippen molar-refractivity contribution in [2.75, 3.05) is 0 Å². The maximum absolute atomic E-state index is 12.5. The van der Waals surface area contributed by atoms with Crippen molar-refractivity contribution in [2.24, 2.45) is 0 Å². The average Bonchev–Trinajstić information content (AvgIpc) is 2.15. The zero-order chi connectivity index (χ0) is 11.6. The Morgan fingerprint density at radius 2 is 1.93 bits per heavy atom. The van der Waals surface area contributed by atoms with Crippen molar-refractivity contribution >= 4 is 31.9 Å². The highest BCUT2D eigenvalue weighted by Crippen LogP contribution is 2.35. The third kappa shape index (κ3) is 2.73. The molecule has 0 aliphatic heterocycles. The summed E-state index contributed by atoms with van der Waals surface area (Å²) in [4.78, 5) is 0. The number of nitrogens with zero attached hydrogens (tertiary/aromatic N) is 1. The van der Waals surface area contributed by atoms with Gasteiger partial charge in [0.1, 0.15) is 6.07 Å². The number of rotatable bonds is 1. The summed E-state index contributed by atoms with van der Waals surface area (Å²) < 4.78 is 37.9. The monoisotopic (exact) mass is 341 g/mol. The van der Waals surface area contributed by atoms with Crippen molar-refractivity contribution in [1.82, 2.24) is 0 Å². The SMILES string of the molecule is N#Cc1c(CBr)cc(Br)cc1C(F)(F)F. The third-order valence-corrected chi connectivity index (χ3v) is 2.81. The largest absolute Gasteiger partial charge is 0.417 e. The first-order valence-electron chi connectivity index (χ1n) is 3.76. The van der Waals surface area contributed by atoms with Crippen LogP contribution in [0.15, 0.2) is 16.6 Å². The lowest BCUT2D eigenvalue weighted by Gasteiger charge is -2.11. The smallest absolute Gasteiger partial charge is 0.192 e. The van der Waals surface area contributed by atoms with Crippen molar-refractivity contribution in [3.63, 3.8) is 0 Å². The lowest BCUT2D eigenvalue weighted by Crippen LogP contribution is -2.09. The van der Waals surface area contributed by atoms with Gasteiger partial charge in [-0.1, -0.05) is 31.9 Å². The van der Waals surface area contributed by atoms with Crippen LogP contribution in [-0.4, -0.2) is 0 Å². The van der Waals surface area contributed by atoms with Crippen LogP contribution in [0.1, 0.15) is 16.7 Å². The summed E-state index contributed by atoms with van der Waals surface area (Å²) in [5.74, 6) is 0. The fourth-order valence-corrected chi connectivity index (χ4v) is 2.07. The van der Waals surface area contributed by atoms with Gasteiger partial charge in [-0.3, -0.25) is 0 Å². The van der Waals surface area contributed by atoms with Gasteiger partial charge in [-0.25, -0.2) is 0 Å². The molecule has 0 amide bonds. The van der Waals surface area contributed by atoms with Gasteiger partial charge in [0.05, 0.1) is 11.1 Å². The van der Waals surface area contributed by atoms with Crippen LogP contribution in [0.5, 0.6) is 0 Å². The van der Waals surface area contributed by atoms with Crippen LogP contribution in [0.25, 0.3) is 0 Å². The molecule has 1 nitrogen and oxygen atoms in total. The van der Waals surface area contributed by atoms with Gasteiger partial charge in [0.25, 0.3) is 0 Å². The van der Waals surface area contributed by atoms with Crippen LogP contribution in [0.2, 0.25) is 0 Å². The second kappa shape index (κ2) is 4.54. The molecule has 0 bridgehead atoms. The Hall–Kier alpha value is -0.540. The van der Waals surface area contributed by atoms with E-state index in [0.717, 1.165) is 6.07 Å². The van der Waals surface area contributed by atoms with Crippen molar-refractivity contribution in [3.8, 4) is 6.07 Å². The minimum Gasteiger partial charge on any atom is -0.192 e. The minimum atomic E-state index is -4.51. The molecule has 0 radical (unpaired) electrons. The Bertz CT molecular complexity index is 421. The highest BCUT2D eigenvalue weighted by molar-refractivity contribution is 9.10. The first-order chi connectivity index (χ1) is 6.90. The lowest BCUT2D eigenvalue weighted by molar-refractivity contribution is -0.137. The summed E-state index contributed by atoms with van der Waals surface area (Å²) in [7, 11) is 0. The molecule has 0 heterocycles. The molecule has 0 atom stereocenters. The summed E-state index contributed by atoms with van der Waals surface area (Å²) in [5.41, 5.74) is -0.921. The predicted octanol–water partition coefficient (Wildman–Crippen LogP) is 4.23. The van der Waals surface area contributed by atoms with E-state index in [-0.39, 0.29) is 10.9 Å². The quantitative estimate of drug-likeness (QED) is 0.700. The second-order valence-corrected chi connectivity index (χ2v) is 4.21. The molecule has 1 aromatic rings. The summed E-state index contributed by atoms with van der Waals surface area (Å²) in [6.07, 6.45) is -4.51. The van der Waals surface area contributed by atoms with Gasteiger partial charge in [0, 0.05) is 9.80 Å². The van der Waals surface area contributed by atoms with Crippen molar-refractivity contribution in [1.29, 1.82) is 5.26 Å². The minimum absolute atomic E-state index is 0.207. The zero-order valence-electron chi connectivity index (χ0n) is 7.20. The van der Waals surface area contributed by atoms with Gasteiger partial charge in [-0.15, -0.1) is 0 Å². The van der Waals surface area contributed by atoms with Gasteiger partial charge in [0.2, 0.25) is 0 Å². The van der Waals surface area contributed by atoms with E-state index in [1.54, 1.807) is 6.07 Å². The van der Waals surface area contributed by atoms with E-state index in [0.29, 0.717) is 10.0 Å². The van der Waals surface area contributed by atoms with E-state index in [9.17, 15) is 13.2 Å². The Labute approximate surface area is 101 Å². The Balaban J connectivity index is 3.51. The van der Waals surface area contributed by atoms with Crippen molar-refractivity contribution in [2.45, 2.75) is 11.5 Å². The van der Waals surface area contributed by atoms with E-state index in [2.05, 4.69) is 31.9 Å². The highest BCUT2D eigenvalue weighted by Gasteiger charge is 2.34. The maximum Gasteiger partial charge on any atom is 0.417 e. The van der Waals surface area contributed by atoms with Crippen molar-refractivity contribution < 1.29 is 13.2 Å². The molecule has 6 heteroatoms. The normalized spacial score (nSPS) is 11.2. The molecule has 80 valence electrons. The Morgan fingerprint density at radius 3 is 2.33 bits per heavy atom. The predicted molar refractivity (Wildman–Crippen MR) is 56.5 cm³/mol. The summed E-state index contributed by atoms with van der Waals surface area (Å²) in [6.45, 7) is 0. The van der Waals surface area contributed by atoms with Gasteiger partial charge in [-0.05, 0) is 17.7 Å². The number of nitriles is 1. The first kappa shape index (κ1) is 12.5. The fraction of sp³-hybridized carbons (Fsp3) is 0.222. The van der Waals surface area contributed by atoms with E-state index < -0.39 is 11.7 Å². The summed E-state index contributed by atoms with van der Waals surface area (Å²) in [6, 6.07) is 3.97. The molecule has 0 N–H and O–H groups in total. The molecule has 1 aromatic carbocycles. The number of hydrogen-bond acceptors (Lipinski definition) is 1. The molecule has 0 unspecified atom stereocenters. The average molecular weight is 343 g/mol. The summed E-state index contributed by atoms with van der Waals surface area (Å²) >= 11 is 6.02. The Kier molecular flexibility index (Phi) is 3.79. The number of hydrogen-bond donors (Lipinski definition) is 0. The zero-order valence-corrected chi connectivity index (χ0v) is 10.4. The lowest BCUT2D eigenvalue weighted by atomic mass is 10.0. The molecule has 0 saturated carbocycles. The van der Waals surface area contributed by atoms with E-state index in [4.69, 9.17) is 5.26 Å². The highest BCUT2D eigenvalue weighted by atomic mass is 79.9. The molecule has 15 heavy (non-hydrogen) atoms. The van der Waals surface area contributed by atoms with Gasteiger partial charge in [0.15, 0.2) is 0 Å². The number of benzene rings is 1. The van der Waals surface area contributed by atoms with Crippen LogP contribution in [0.4, 0.5) is 13.2 Å². The Morgan fingerprint density at radius 1 is 1.33 bits per heavy atom. The van der Waals surface area contributed by atoms with Gasteiger partial charge in [-0.2, -0.15) is 18.4 Å². The number of halogens is 5. The topological polar surface area (TPSA) is 23.8 Å². The van der Waals surface area contributed by atoms with Crippen LogP contribution in [0.3, 0.4) is 0 Å². The molecular formula is C9H4Br2F3N. The molecule has 0 aliphatic rings. The molecular weight excluding hydrogens is 339 g/mol. The van der Waals surface area contributed by atoms with Crippen molar-refractivity contribution in [3.05, 3.63) is 33.3 Å². The fourth-order valence-electron chi connectivity index (χ4n) is 1.12. The van der Waals surface area contributed by atoms with E-state index in [1.807, 2.05) is 0 Å². The van der Waals surface area contributed by atoms with E-state index >= 15 is 0 Å². The molecule has 0 fully saturated rings. The van der Waals surface area contributed by atoms with Gasteiger partial charge < -0.3 is 0 Å². The molecule has 0 aromatic heterocycles. The molecule has 1 rings (SSSR count). The maximum atomic E-state index is 12.5. The first-order valence-corrected chi connectivity index (χ1v) is 5.67. The standard InChI is InChI=1S/C9H4Br2F3N/c10-3-5-1-6(11)2-8(7(5)4-15)9(12,13)14/h1-2H,3H2. The third-order valence-electron chi connectivity index (χ3n) is 1.75. The van der Waals surface area contributed by atoms with E-state index in [1.165, 1.54) is 6.07 Å². The molecule has 0 spiro atoms.